The quantitative estimate of drug-likeness (QED) is 0.433. The van der Waals surface area contributed by atoms with Crippen LogP contribution in [0.2, 0.25) is 0 Å². The van der Waals surface area contributed by atoms with E-state index in [1.54, 1.807) is 9.80 Å². The Kier molecular flexibility index (Phi) is 8.09. The number of carboxylic acids is 1. The van der Waals surface area contributed by atoms with Crippen molar-refractivity contribution in [1.82, 2.24) is 9.80 Å². The molecule has 0 aliphatic carbocycles. The average Bonchev–Trinajstić information content (AvgIpc) is 3.36. The van der Waals surface area contributed by atoms with Crippen molar-refractivity contribution in [3.63, 3.8) is 0 Å². The van der Waals surface area contributed by atoms with Gasteiger partial charge in [0.15, 0.2) is 0 Å². The number of unbranched alkanes of at least 4 members (excludes halogenated alkanes) is 4. The molecule has 0 aromatic heterocycles. The Labute approximate surface area is 184 Å². The van der Waals surface area contributed by atoms with E-state index >= 15 is 0 Å². The molecule has 0 spiro atoms. The third-order valence-corrected chi connectivity index (χ3v) is 6.33. The molecule has 31 heavy (non-hydrogen) atoms. The van der Waals surface area contributed by atoms with Crippen LogP contribution in [0.25, 0.3) is 0 Å². The molecule has 1 saturated heterocycles. The number of amides is 1. The summed E-state index contributed by atoms with van der Waals surface area (Å²) >= 11 is 0. The lowest BCUT2D eigenvalue weighted by Crippen LogP contribution is -2.43. The summed E-state index contributed by atoms with van der Waals surface area (Å²) in [6.07, 6.45) is 5.76. The molecule has 1 fully saturated rings. The highest BCUT2D eigenvalue weighted by atomic mass is 16.6. The number of nitrogens with zero attached hydrogens (tertiary/aromatic N) is 2. The zero-order valence-corrected chi connectivity index (χ0v) is 18.3. The maximum atomic E-state index is 12.7. The predicted octanol–water partition coefficient (Wildman–Crippen LogP) is 3.82. The Morgan fingerprint density at radius 1 is 1.26 bits per heavy atom. The normalized spacial score (nSPS) is 21.7. The van der Waals surface area contributed by atoms with E-state index in [2.05, 4.69) is 6.58 Å². The van der Waals surface area contributed by atoms with Crippen molar-refractivity contribution in [2.45, 2.75) is 83.3 Å². The van der Waals surface area contributed by atoms with Crippen LogP contribution in [0.5, 0.6) is 0 Å². The Bertz CT molecular complexity index is 796. The number of rotatable bonds is 10. The lowest BCUT2D eigenvalue weighted by molar-refractivity contribution is -0.146. The summed E-state index contributed by atoms with van der Waals surface area (Å²) in [4.78, 5) is 27.6. The van der Waals surface area contributed by atoms with Crippen LogP contribution in [-0.4, -0.2) is 57.0 Å². The summed E-state index contributed by atoms with van der Waals surface area (Å²) in [5, 5.41) is 20.2. The second kappa shape index (κ2) is 10.8. The average molecular weight is 431 g/mol. The minimum atomic E-state index is -0.993. The van der Waals surface area contributed by atoms with Gasteiger partial charge in [-0.1, -0.05) is 37.1 Å². The minimum Gasteiger partial charge on any atom is -0.480 e. The topological polar surface area (TPSA) is 90.3 Å². The lowest BCUT2D eigenvalue weighted by atomic mass is 10.1. The number of fused-ring (bicyclic) bond motifs is 1. The van der Waals surface area contributed by atoms with Crippen LogP contribution in [0.3, 0.4) is 0 Å². The highest BCUT2D eigenvalue weighted by Gasteiger charge is 2.42. The van der Waals surface area contributed by atoms with E-state index in [4.69, 9.17) is 4.74 Å². The summed E-state index contributed by atoms with van der Waals surface area (Å²) in [6, 6.07) is 5.18. The molecule has 2 unspecified atom stereocenters. The molecule has 0 saturated carbocycles. The number of aliphatic carboxylic acids is 1. The highest BCUT2D eigenvalue weighted by molar-refractivity contribution is 5.74. The monoisotopic (exact) mass is 430 g/mol. The first-order valence-electron chi connectivity index (χ1n) is 11.2. The Morgan fingerprint density at radius 3 is 2.74 bits per heavy atom. The first-order valence-corrected chi connectivity index (χ1v) is 11.2. The van der Waals surface area contributed by atoms with Crippen molar-refractivity contribution in [1.29, 1.82) is 0 Å². The van der Waals surface area contributed by atoms with Crippen LogP contribution in [0.15, 0.2) is 30.9 Å². The van der Waals surface area contributed by atoms with E-state index in [-0.39, 0.29) is 13.0 Å². The fourth-order valence-electron chi connectivity index (χ4n) is 4.55. The first-order chi connectivity index (χ1) is 14.9. The molecule has 1 aromatic carbocycles. The van der Waals surface area contributed by atoms with Crippen molar-refractivity contribution in [3.8, 4) is 0 Å². The standard InChI is InChI=1S/C24H34N2O5/c1-3-4-5-6-7-8-12-22(27)26-15-19(13-21(26)23(28)29)31-24(30)25-14-18-11-9-10-17(2)20(18)16-25/h3,9-11,19,21-22,27H,1,4-8,12-16H2,2H3,(H,28,29)/t19?,21-,22?/m0/s1. The number of ether oxygens (including phenoxy) is 1. The SMILES string of the molecule is C=CCCCCCCC(O)N1CC(OC(=O)N2Cc3cccc(C)c3C2)C[C@H]1C(=O)O. The van der Waals surface area contributed by atoms with Crippen LogP contribution in [-0.2, 0) is 22.6 Å². The van der Waals surface area contributed by atoms with Gasteiger partial charge in [-0.3, -0.25) is 14.6 Å². The summed E-state index contributed by atoms with van der Waals surface area (Å²) in [6.45, 7) is 6.99. The van der Waals surface area contributed by atoms with Gasteiger partial charge in [-0.05, 0) is 49.3 Å². The van der Waals surface area contributed by atoms with E-state index in [9.17, 15) is 19.8 Å². The van der Waals surface area contributed by atoms with Crippen LogP contribution in [0.1, 0.15) is 61.6 Å². The third-order valence-electron chi connectivity index (χ3n) is 6.33. The maximum Gasteiger partial charge on any atom is 0.410 e. The fraction of sp³-hybridized carbons (Fsp3) is 0.583. The fourth-order valence-corrected chi connectivity index (χ4v) is 4.55. The van der Waals surface area contributed by atoms with Gasteiger partial charge in [0, 0.05) is 26.1 Å². The van der Waals surface area contributed by atoms with Crippen molar-refractivity contribution >= 4 is 12.1 Å². The van der Waals surface area contributed by atoms with Gasteiger partial charge in [-0.15, -0.1) is 6.58 Å². The number of aryl methyl sites for hydroxylation is 1. The van der Waals surface area contributed by atoms with Crippen LogP contribution < -0.4 is 0 Å². The number of hydrogen-bond donors (Lipinski definition) is 2. The molecule has 3 atom stereocenters. The number of likely N-dealkylation sites (tertiary alicyclic amines) is 1. The minimum absolute atomic E-state index is 0.192. The number of carboxylic acid groups (broad SMARTS) is 1. The number of carbonyl (C=O) groups excluding carboxylic acids is 1. The number of carbonyl (C=O) groups is 2. The lowest BCUT2D eigenvalue weighted by Gasteiger charge is -2.26. The number of aliphatic hydroxyl groups is 1. The van der Waals surface area contributed by atoms with Gasteiger partial charge in [0.1, 0.15) is 18.4 Å². The second-order valence-corrected chi connectivity index (χ2v) is 8.62. The highest BCUT2D eigenvalue weighted by Crippen LogP contribution is 2.29. The third kappa shape index (κ3) is 5.86. The molecule has 3 rings (SSSR count). The molecule has 0 radical (unpaired) electrons. The predicted molar refractivity (Wildman–Crippen MR) is 117 cm³/mol. The van der Waals surface area contributed by atoms with E-state index in [1.807, 2.05) is 31.2 Å². The van der Waals surface area contributed by atoms with Gasteiger partial charge in [0.25, 0.3) is 0 Å². The van der Waals surface area contributed by atoms with E-state index in [0.29, 0.717) is 19.5 Å². The van der Waals surface area contributed by atoms with Crippen LogP contribution >= 0.6 is 0 Å². The van der Waals surface area contributed by atoms with Crippen molar-refractivity contribution in [2.24, 2.45) is 0 Å². The summed E-state index contributed by atoms with van der Waals surface area (Å²) in [5.41, 5.74) is 3.43. The van der Waals surface area contributed by atoms with Gasteiger partial charge < -0.3 is 14.9 Å². The molecular weight excluding hydrogens is 396 g/mol. The second-order valence-electron chi connectivity index (χ2n) is 8.62. The summed E-state index contributed by atoms with van der Waals surface area (Å²) < 4.78 is 5.66. The molecule has 2 aliphatic heterocycles. The van der Waals surface area contributed by atoms with E-state index in [1.165, 1.54) is 0 Å². The van der Waals surface area contributed by atoms with Gasteiger partial charge in [0.2, 0.25) is 0 Å². The van der Waals surface area contributed by atoms with Crippen LogP contribution in [0, 0.1) is 6.92 Å². The molecular formula is C24H34N2O5. The van der Waals surface area contributed by atoms with Gasteiger partial charge in [0.05, 0.1) is 0 Å². The number of allylic oxidation sites excluding steroid dienone is 1. The number of benzene rings is 1. The van der Waals surface area contributed by atoms with Gasteiger partial charge in [-0.25, -0.2) is 4.79 Å². The Morgan fingerprint density at radius 2 is 2.03 bits per heavy atom. The summed E-state index contributed by atoms with van der Waals surface area (Å²) in [7, 11) is 0. The molecule has 7 heteroatoms. The van der Waals surface area contributed by atoms with E-state index in [0.717, 1.165) is 48.8 Å². The van der Waals surface area contributed by atoms with Crippen molar-refractivity contribution < 1.29 is 24.5 Å². The molecule has 1 aromatic rings. The zero-order valence-electron chi connectivity index (χ0n) is 18.3. The van der Waals surface area contributed by atoms with Gasteiger partial charge >= 0.3 is 12.1 Å². The van der Waals surface area contributed by atoms with Crippen molar-refractivity contribution in [3.05, 3.63) is 47.5 Å². The molecule has 7 nitrogen and oxygen atoms in total. The molecule has 2 aliphatic rings. The van der Waals surface area contributed by atoms with Gasteiger partial charge in [-0.2, -0.15) is 0 Å². The van der Waals surface area contributed by atoms with Crippen LogP contribution in [0.4, 0.5) is 4.79 Å². The Balaban J connectivity index is 1.50. The number of aliphatic hydroxyl groups excluding tert-OH is 1. The molecule has 2 N–H and O–H groups in total. The molecule has 2 heterocycles. The summed E-state index contributed by atoms with van der Waals surface area (Å²) in [5.74, 6) is -0.993. The Hall–Kier alpha value is -2.38. The zero-order chi connectivity index (χ0) is 22.4. The molecule has 0 bridgehead atoms. The first kappa shape index (κ1) is 23.3. The van der Waals surface area contributed by atoms with E-state index < -0.39 is 30.4 Å². The largest absolute Gasteiger partial charge is 0.480 e. The molecule has 1 amide bonds. The van der Waals surface area contributed by atoms with Crippen molar-refractivity contribution in [2.75, 3.05) is 6.54 Å². The number of hydrogen-bond acceptors (Lipinski definition) is 5. The smallest absolute Gasteiger partial charge is 0.410 e. The molecule has 170 valence electrons. The maximum absolute atomic E-state index is 12.7.